The molecule has 16 heavy (non-hydrogen) atoms. The van der Waals surface area contributed by atoms with E-state index < -0.39 is 0 Å². The highest BCUT2D eigenvalue weighted by Gasteiger charge is 2.23. The number of nitrogens with zero attached hydrogens (tertiary/aromatic N) is 1. The molecule has 2 fully saturated rings. The zero-order valence-corrected chi connectivity index (χ0v) is 10.4. The Morgan fingerprint density at radius 1 is 1.00 bits per heavy atom. The quantitative estimate of drug-likeness (QED) is 0.789. The van der Waals surface area contributed by atoms with Gasteiger partial charge in [0.05, 0.1) is 0 Å². The molecule has 0 radical (unpaired) electrons. The number of hydrogen-bond donors (Lipinski definition) is 1. The van der Waals surface area contributed by atoms with E-state index in [1.807, 2.05) is 0 Å². The second-order valence-corrected chi connectivity index (χ2v) is 5.37. The zero-order valence-electron chi connectivity index (χ0n) is 10.4. The third-order valence-electron chi connectivity index (χ3n) is 4.16. The predicted octanol–water partition coefficient (Wildman–Crippen LogP) is 1.47. The molecule has 0 bridgehead atoms. The molecule has 2 aliphatic heterocycles. The Morgan fingerprint density at radius 2 is 1.62 bits per heavy atom. The van der Waals surface area contributed by atoms with Gasteiger partial charge in [-0.1, -0.05) is 0 Å². The van der Waals surface area contributed by atoms with Gasteiger partial charge in [-0.2, -0.15) is 0 Å². The third-order valence-corrected chi connectivity index (χ3v) is 4.16. The molecule has 0 aliphatic carbocycles. The molecule has 0 aromatic rings. The van der Waals surface area contributed by atoms with E-state index in [4.69, 9.17) is 10.5 Å². The average Bonchev–Trinajstić information content (AvgIpc) is 2.33. The Hall–Kier alpha value is -0.120. The molecule has 0 spiro atoms. The van der Waals surface area contributed by atoms with Gasteiger partial charge in [0.15, 0.2) is 0 Å². The van der Waals surface area contributed by atoms with E-state index in [1.165, 1.54) is 45.2 Å². The van der Waals surface area contributed by atoms with Gasteiger partial charge in [0.1, 0.15) is 0 Å². The van der Waals surface area contributed by atoms with E-state index in [2.05, 4.69) is 4.90 Å². The van der Waals surface area contributed by atoms with Gasteiger partial charge in [-0.15, -0.1) is 0 Å². The van der Waals surface area contributed by atoms with Crippen LogP contribution in [0.4, 0.5) is 0 Å². The Labute approximate surface area is 99.3 Å². The molecule has 3 nitrogen and oxygen atoms in total. The first-order chi connectivity index (χ1) is 7.88. The first kappa shape index (κ1) is 12.3. The fraction of sp³-hybridized carbons (Fsp3) is 1.00. The van der Waals surface area contributed by atoms with Gasteiger partial charge in [-0.05, 0) is 57.0 Å². The minimum absolute atomic E-state index is 0.810. The van der Waals surface area contributed by atoms with Crippen LogP contribution >= 0.6 is 0 Å². The fourth-order valence-corrected chi connectivity index (χ4v) is 3.08. The number of likely N-dealkylation sites (tertiary alicyclic amines) is 1. The standard InChI is InChI=1S/C13H26N2O/c14-5-8-15-6-1-12(2-7-15)11-13-3-9-16-10-4-13/h12-13H,1-11,14H2. The molecule has 2 saturated heterocycles. The van der Waals surface area contributed by atoms with Gasteiger partial charge >= 0.3 is 0 Å². The highest BCUT2D eigenvalue weighted by molar-refractivity contribution is 4.76. The van der Waals surface area contributed by atoms with E-state index in [0.29, 0.717) is 0 Å². The summed E-state index contributed by atoms with van der Waals surface area (Å²) in [5.74, 6) is 1.91. The van der Waals surface area contributed by atoms with Gasteiger partial charge in [0.25, 0.3) is 0 Å². The summed E-state index contributed by atoms with van der Waals surface area (Å²) in [7, 11) is 0. The van der Waals surface area contributed by atoms with Crippen LogP contribution in [0.15, 0.2) is 0 Å². The summed E-state index contributed by atoms with van der Waals surface area (Å²) < 4.78 is 5.42. The monoisotopic (exact) mass is 226 g/mol. The summed E-state index contributed by atoms with van der Waals surface area (Å²) in [6, 6.07) is 0. The largest absolute Gasteiger partial charge is 0.381 e. The number of ether oxygens (including phenoxy) is 1. The summed E-state index contributed by atoms with van der Waals surface area (Å²) in [5.41, 5.74) is 5.59. The van der Waals surface area contributed by atoms with Gasteiger partial charge in [-0.3, -0.25) is 0 Å². The fourth-order valence-electron chi connectivity index (χ4n) is 3.08. The molecule has 0 saturated carbocycles. The van der Waals surface area contributed by atoms with Crippen LogP contribution in [-0.2, 0) is 4.74 Å². The molecule has 0 amide bonds. The lowest BCUT2D eigenvalue weighted by atomic mass is 9.84. The predicted molar refractivity (Wildman–Crippen MR) is 66.4 cm³/mol. The van der Waals surface area contributed by atoms with E-state index in [9.17, 15) is 0 Å². The van der Waals surface area contributed by atoms with Crippen LogP contribution in [0.3, 0.4) is 0 Å². The minimum atomic E-state index is 0.810. The molecule has 2 N–H and O–H groups in total. The van der Waals surface area contributed by atoms with Crippen molar-refractivity contribution >= 4 is 0 Å². The highest BCUT2D eigenvalue weighted by Crippen LogP contribution is 2.28. The second-order valence-electron chi connectivity index (χ2n) is 5.37. The highest BCUT2D eigenvalue weighted by atomic mass is 16.5. The lowest BCUT2D eigenvalue weighted by molar-refractivity contribution is 0.0530. The molecule has 2 aliphatic rings. The minimum Gasteiger partial charge on any atom is -0.381 e. The number of nitrogens with two attached hydrogens (primary N) is 1. The maximum absolute atomic E-state index is 5.59. The van der Waals surface area contributed by atoms with Crippen molar-refractivity contribution in [3.8, 4) is 0 Å². The van der Waals surface area contributed by atoms with Crippen molar-refractivity contribution in [3.05, 3.63) is 0 Å². The molecule has 0 aromatic heterocycles. The van der Waals surface area contributed by atoms with Crippen molar-refractivity contribution in [2.24, 2.45) is 17.6 Å². The van der Waals surface area contributed by atoms with Gasteiger partial charge in [0, 0.05) is 26.3 Å². The molecular formula is C13H26N2O. The van der Waals surface area contributed by atoms with Crippen LogP contribution in [0.1, 0.15) is 32.1 Å². The molecule has 3 heteroatoms. The Morgan fingerprint density at radius 3 is 2.25 bits per heavy atom. The summed E-state index contributed by atoms with van der Waals surface area (Å²) in [6.45, 7) is 6.43. The molecule has 0 unspecified atom stereocenters. The van der Waals surface area contributed by atoms with E-state index in [0.717, 1.165) is 38.1 Å². The van der Waals surface area contributed by atoms with Gasteiger partial charge in [-0.25, -0.2) is 0 Å². The van der Waals surface area contributed by atoms with Crippen molar-refractivity contribution < 1.29 is 4.74 Å². The lowest BCUT2D eigenvalue weighted by Crippen LogP contribution is -2.37. The molecule has 94 valence electrons. The van der Waals surface area contributed by atoms with Crippen LogP contribution < -0.4 is 5.73 Å². The van der Waals surface area contributed by atoms with Crippen molar-refractivity contribution in [2.75, 3.05) is 39.4 Å². The van der Waals surface area contributed by atoms with Gasteiger partial charge in [0.2, 0.25) is 0 Å². The molecule has 2 rings (SSSR count). The summed E-state index contributed by atoms with van der Waals surface area (Å²) in [5, 5.41) is 0. The second kappa shape index (κ2) is 6.58. The van der Waals surface area contributed by atoms with Gasteiger partial charge < -0.3 is 15.4 Å². The normalized spacial score (nSPS) is 26.1. The topological polar surface area (TPSA) is 38.5 Å². The lowest BCUT2D eigenvalue weighted by Gasteiger charge is -2.34. The number of rotatable bonds is 4. The molecular weight excluding hydrogens is 200 g/mol. The Balaban J connectivity index is 1.64. The maximum atomic E-state index is 5.59. The Kier molecular flexibility index (Phi) is 5.07. The van der Waals surface area contributed by atoms with Crippen LogP contribution in [-0.4, -0.2) is 44.3 Å². The van der Waals surface area contributed by atoms with Crippen molar-refractivity contribution in [1.29, 1.82) is 0 Å². The average molecular weight is 226 g/mol. The molecule has 2 heterocycles. The third kappa shape index (κ3) is 3.72. The summed E-state index contributed by atoms with van der Waals surface area (Å²) in [6.07, 6.45) is 6.81. The maximum Gasteiger partial charge on any atom is 0.0468 e. The SMILES string of the molecule is NCCN1CCC(CC2CCOCC2)CC1. The molecule has 0 atom stereocenters. The first-order valence-corrected chi connectivity index (χ1v) is 6.88. The number of piperidine rings is 1. The zero-order chi connectivity index (χ0) is 11.2. The van der Waals surface area contributed by atoms with Crippen molar-refractivity contribution in [2.45, 2.75) is 32.1 Å². The van der Waals surface area contributed by atoms with E-state index in [-0.39, 0.29) is 0 Å². The Bertz CT molecular complexity index is 184. The first-order valence-electron chi connectivity index (χ1n) is 6.88. The van der Waals surface area contributed by atoms with Crippen LogP contribution in [0.5, 0.6) is 0 Å². The van der Waals surface area contributed by atoms with Crippen LogP contribution in [0.2, 0.25) is 0 Å². The number of hydrogen-bond acceptors (Lipinski definition) is 3. The van der Waals surface area contributed by atoms with Crippen molar-refractivity contribution in [1.82, 2.24) is 4.90 Å². The summed E-state index contributed by atoms with van der Waals surface area (Å²) >= 11 is 0. The van der Waals surface area contributed by atoms with Crippen molar-refractivity contribution in [3.63, 3.8) is 0 Å². The van der Waals surface area contributed by atoms with E-state index >= 15 is 0 Å². The molecule has 0 aromatic carbocycles. The smallest absolute Gasteiger partial charge is 0.0468 e. The summed E-state index contributed by atoms with van der Waals surface area (Å²) in [4.78, 5) is 2.51. The van der Waals surface area contributed by atoms with E-state index in [1.54, 1.807) is 0 Å². The van der Waals surface area contributed by atoms with Crippen LogP contribution in [0.25, 0.3) is 0 Å². The van der Waals surface area contributed by atoms with Crippen LogP contribution in [0, 0.1) is 11.8 Å².